The Morgan fingerprint density at radius 3 is 0.923 bits per heavy atom. The molecule has 0 aromatic heterocycles. The molecule has 0 aromatic rings. The van der Waals surface area contributed by atoms with Crippen LogP contribution in [-0.2, 0) is 21.1 Å². The van der Waals surface area contributed by atoms with Gasteiger partial charge in [0.25, 0.3) is 0 Å². The van der Waals surface area contributed by atoms with E-state index in [0.29, 0.717) is 0 Å². The van der Waals surface area contributed by atoms with E-state index in [9.17, 15) is 0 Å². The Hall–Kier alpha value is -0.992. The molecule has 0 saturated carbocycles. The first-order valence-corrected chi connectivity index (χ1v) is 2.30. The summed E-state index contributed by atoms with van der Waals surface area (Å²) in [6.45, 7) is 0.472. The van der Waals surface area contributed by atoms with Crippen LogP contribution in [0.4, 0.5) is 0 Å². The van der Waals surface area contributed by atoms with Crippen LogP contribution in [0.1, 0.15) is 0 Å². The third kappa shape index (κ3) is 12900000. The van der Waals surface area contributed by atoms with Gasteiger partial charge in [-0.05, 0) is 0 Å². The Bertz CT molecular complexity index is 99.2. The molecule has 11 heteroatoms. The molecule has 0 unspecified atom stereocenters. The van der Waals surface area contributed by atoms with Crippen LogP contribution in [0.2, 0.25) is 0 Å². The predicted molar refractivity (Wildman–Crippen MR) is 39.1 cm³/mol. The van der Waals surface area contributed by atoms with E-state index in [1.54, 1.807) is 0 Å². The number of hydrogen-bond acceptors (Lipinski definition) is 6. The SMILES string of the molecule is O=[N+]([O-])[O-].O=[N+]([O-])[O-].[NH-]CC[NH-].[Pt+4]. The van der Waals surface area contributed by atoms with Gasteiger partial charge in [0.1, 0.15) is 0 Å². The van der Waals surface area contributed by atoms with E-state index in [1.807, 2.05) is 0 Å². The van der Waals surface area contributed by atoms with E-state index in [1.165, 1.54) is 0 Å². The summed E-state index contributed by atoms with van der Waals surface area (Å²) < 4.78 is 0. The standard InChI is InChI=1S/C2H6N2.2NO3.Pt/c3-1-2-4;2*2-1(3)4;/h3-4H,1-2H2;;;/q-2;2*-1;+4. The van der Waals surface area contributed by atoms with E-state index < -0.39 is 10.2 Å². The molecule has 13 heavy (non-hydrogen) atoms. The largest absolute Gasteiger partial charge is 4.00 e. The Balaban J connectivity index is -0.0000000450. The maximum Gasteiger partial charge on any atom is 4.00 e. The van der Waals surface area contributed by atoms with Gasteiger partial charge in [-0.25, -0.2) is 0 Å². The molecule has 0 atom stereocenters. The Morgan fingerprint density at radius 2 is 0.923 bits per heavy atom. The van der Waals surface area contributed by atoms with Crippen LogP contribution in [0.3, 0.4) is 0 Å². The summed E-state index contributed by atoms with van der Waals surface area (Å²) in [5.74, 6) is 0. The zero-order chi connectivity index (χ0) is 10.6. The van der Waals surface area contributed by atoms with Gasteiger partial charge in [-0.1, -0.05) is 0 Å². The molecule has 0 saturated heterocycles. The smallest absolute Gasteiger partial charge is 0.679 e. The van der Waals surface area contributed by atoms with Crippen molar-refractivity contribution in [3.63, 3.8) is 0 Å². The second-order valence-electron chi connectivity index (χ2n) is 0.947. The first-order valence-electron chi connectivity index (χ1n) is 2.30. The maximum absolute atomic E-state index is 8.25. The van der Waals surface area contributed by atoms with Crippen LogP contribution in [0.15, 0.2) is 0 Å². The molecule has 0 aliphatic carbocycles. The fourth-order valence-electron chi connectivity index (χ4n) is 0. The van der Waals surface area contributed by atoms with Crippen LogP contribution < -0.4 is 0 Å². The summed E-state index contributed by atoms with van der Waals surface area (Å²) in [6.07, 6.45) is 0. The third-order valence-corrected chi connectivity index (χ3v) is 0.125. The molecular formula is C2H6N4O6Pt. The average Bonchev–Trinajstić information content (AvgIpc) is 1.85. The van der Waals surface area contributed by atoms with Crippen molar-refractivity contribution in [2.75, 3.05) is 13.1 Å². The summed E-state index contributed by atoms with van der Waals surface area (Å²) in [6, 6.07) is 0. The van der Waals surface area contributed by atoms with Crippen LogP contribution in [0.5, 0.6) is 0 Å². The van der Waals surface area contributed by atoms with Gasteiger partial charge in [-0.15, -0.1) is 0 Å². The van der Waals surface area contributed by atoms with Gasteiger partial charge in [0.05, 0.1) is 10.2 Å². The minimum absolute atomic E-state index is 0. The first kappa shape index (κ1) is 22.7. The van der Waals surface area contributed by atoms with Crippen molar-refractivity contribution in [2.45, 2.75) is 0 Å². The van der Waals surface area contributed by atoms with Gasteiger partial charge in [-0.3, -0.25) is 0 Å². The molecule has 10 nitrogen and oxygen atoms in total. The van der Waals surface area contributed by atoms with Crippen molar-refractivity contribution < 1.29 is 31.2 Å². The second-order valence-corrected chi connectivity index (χ2v) is 0.947. The van der Waals surface area contributed by atoms with Gasteiger partial charge < -0.3 is 42.1 Å². The number of rotatable bonds is 1. The first-order chi connectivity index (χ1) is 5.38. The van der Waals surface area contributed by atoms with E-state index >= 15 is 0 Å². The molecule has 0 aliphatic rings. The van der Waals surface area contributed by atoms with Crippen molar-refractivity contribution in [1.82, 2.24) is 0 Å². The van der Waals surface area contributed by atoms with Crippen molar-refractivity contribution in [3.8, 4) is 0 Å². The van der Waals surface area contributed by atoms with Gasteiger partial charge in [0, 0.05) is 0 Å². The molecule has 0 aromatic carbocycles. The molecule has 0 rings (SSSR count). The molecular weight excluding hydrogens is 371 g/mol. The van der Waals surface area contributed by atoms with E-state index in [0.717, 1.165) is 0 Å². The Morgan fingerprint density at radius 1 is 0.846 bits per heavy atom. The Kier molecular flexibility index (Phi) is 39.2. The molecule has 0 fully saturated rings. The van der Waals surface area contributed by atoms with Crippen LogP contribution >= 0.6 is 0 Å². The third-order valence-electron chi connectivity index (χ3n) is 0.125. The van der Waals surface area contributed by atoms with Crippen molar-refractivity contribution in [2.24, 2.45) is 0 Å². The molecule has 0 amide bonds. The van der Waals surface area contributed by atoms with Gasteiger partial charge in [0.15, 0.2) is 0 Å². The summed E-state index contributed by atoms with van der Waals surface area (Å²) in [5.41, 5.74) is 12.5. The molecule has 0 radical (unpaired) electrons. The zero-order valence-electron chi connectivity index (χ0n) is 6.07. The molecule has 0 heterocycles. The monoisotopic (exact) mass is 377 g/mol. The average molecular weight is 377 g/mol. The van der Waals surface area contributed by atoms with Crippen molar-refractivity contribution >= 4 is 0 Å². The maximum atomic E-state index is 8.25. The fourth-order valence-corrected chi connectivity index (χ4v) is 0. The van der Waals surface area contributed by atoms with E-state index in [2.05, 4.69) is 0 Å². The molecule has 0 aliphatic heterocycles. The summed E-state index contributed by atoms with van der Waals surface area (Å²) in [7, 11) is 0. The number of hydrogen-bond donors (Lipinski definition) is 0. The predicted octanol–water partition coefficient (Wildman–Crippen LogP) is 0.610. The molecule has 0 bridgehead atoms. The van der Waals surface area contributed by atoms with E-state index in [4.69, 9.17) is 42.1 Å². The normalized spacial score (nSPS) is 6.00. The zero-order valence-corrected chi connectivity index (χ0v) is 8.35. The second kappa shape index (κ2) is 22.4. The number of nitrogens with one attached hydrogen (secondary N) is 2. The van der Waals surface area contributed by atoms with Crippen LogP contribution in [-0.4, -0.2) is 23.3 Å². The van der Waals surface area contributed by atoms with Crippen LogP contribution in [0.25, 0.3) is 11.5 Å². The summed E-state index contributed by atoms with van der Waals surface area (Å²) >= 11 is 0. The molecule has 0 spiro atoms. The van der Waals surface area contributed by atoms with Gasteiger partial charge in [0.2, 0.25) is 0 Å². The Labute approximate surface area is 87.0 Å². The van der Waals surface area contributed by atoms with Crippen LogP contribution in [0, 0.1) is 30.6 Å². The van der Waals surface area contributed by atoms with Gasteiger partial charge >= 0.3 is 21.1 Å². The quantitative estimate of drug-likeness (QED) is 0.476. The minimum Gasteiger partial charge on any atom is -0.679 e. The van der Waals surface area contributed by atoms with Crippen molar-refractivity contribution in [1.29, 1.82) is 0 Å². The summed E-state index contributed by atoms with van der Waals surface area (Å²) in [5, 5.41) is 29.5. The van der Waals surface area contributed by atoms with Gasteiger partial charge in [-0.2, -0.15) is 13.1 Å². The molecule has 2 N–H and O–H groups in total. The topological polar surface area (TPSA) is 180 Å². The van der Waals surface area contributed by atoms with Crippen molar-refractivity contribution in [3.05, 3.63) is 42.1 Å². The number of nitrogens with zero attached hydrogens (tertiary/aromatic N) is 2. The summed E-state index contributed by atoms with van der Waals surface area (Å²) in [4.78, 5) is 16.5. The minimum atomic E-state index is -1.75. The molecule has 80 valence electrons. The fraction of sp³-hybridized carbons (Fsp3) is 1.00. The van der Waals surface area contributed by atoms with E-state index in [-0.39, 0.29) is 34.2 Å².